The van der Waals surface area contributed by atoms with Crippen LogP contribution in [0.3, 0.4) is 0 Å². The monoisotopic (exact) mass is 326 g/mol. The summed E-state index contributed by atoms with van der Waals surface area (Å²) in [6.45, 7) is 6.03. The van der Waals surface area contributed by atoms with Gasteiger partial charge in [0, 0.05) is 24.0 Å². The van der Waals surface area contributed by atoms with Crippen LogP contribution in [-0.2, 0) is 0 Å². The van der Waals surface area contributed by atoms with E-state index in [0.717, 1.165) is 22.1 Å². The lowest BCUT2D eigenvalue weighted by Gasteiger charge is -2.07. The van der Waals surface area contributed by atoms with Crippen molar-refractivity contribution in [3.63, 3.8) is 0 Å². The third-order valence-corrected chi connectivity index (χ3v) is 4.84. The second-order valence-electron chi connectivity index (χ2n) is 5.58. The highest BCUT2D eigenvalue weighted by Gasteiger charge is 2.17. The van der Waals surface area contributed by atoms with Gasteiger partial charge in [0.25, 0.3) is 5.91 Å². The standard InChI is InChI=1S/C17H18N4OS/c1-11(2)17-19-12(3)15(23-17)16(22)20-13-6-4-7-14(10-13)21-9-5-8-18-21/h4-11H,1-3H3,(H,20,22). The van der Waals surface area contributed by atoms with Crippen LogP contribution in [-0.4, -0.2) is 20.7 Å². The van der Waals surface area contributed by atoms with Gasteiger partial charge in [0.2, 0.25) is 0 Å². The topological polar surface area (TPSA) is 59.8 Å². The predicted octanol–water partition coefficient (Wildman–Crippen LogP) is 4.01. The van der Waals surface area contributed by atoms with E-state index in [4.69, 9.17) is 0 Å². The molecule has 1 aromatic carbocycles. The molecule has 5 nitrogen and oxygen atoms in total. The molecule has 2 heterocycles. The quantitative estimate of drug-likeness (QED) is 0.788. The van der Waals surface area contributed by atoms with Gasteiger partial charge in [-0.1, -0.05) is 19.9 Å². The molecule has 23 heavy (non-hydrogen) atoms. The van der Waals surface area contributed by atoms with Gasteiger partial charge in [-0.2, -0.15) is 5.10 Å². The Bertz CT molecular complexity index is 821. The highest BCUT2D eigenvalue weighted by Crippen LogP contribution is 2.25. The van der Waals surface area contributed by atoms with Crippen molar-refractivity contribution in [1.29, 1.82) is 0 Å². The highest BCUT2D eigenvalue weighted by molar-refractivity contribution is 7.14. The van der Waals surface area contributed by atoms with E-state index < -0.39 is 0 Å². The second kappa shape index (κ2) is 6.34. The first-order valence-electron chi connectivity index (χ1n) is 7.43. The Morgan fingerprint density at radius 2 is 2.13 bits per heavy atom. The molecule has 0 atom stereocenters. The predicted molar refractivity (Wildman–Crippen MR) is 92.5 cm³/mol. The van der Waals surface area contributed by atoms with E-state index >= 15 is 0 Å². The lowest BCUT2D eigenvalue weighted by Crippen LogP contribution is -2.11. The fourth-order valence-electron chi connectivity index (χ4n) is 2.21. The molecule has 0 fully saturated rings. The lowest BCUT2D eigenvalue weighted by atomic mass is 10.2. The summed E-state index contributed by atoms with van der Waals surface area (Å²) in [5, 5.41) is 8.13. The Morgan fingerprint density at radius 1 is 1.30 bits per heavy atom. The normalized spacial score (nSPS) is 11.0. The lowest BCUT2D eigenvalue weighted by molar-refractivity contribution is 0.103. The first-order valence-corrected chi connectivity index (χ1v) is 8.25. The zero-order chi connectivity index (χ0) is 16.4. The van der Waals surface area contributed by atoms with Crippen molar-refractivity contribution in [3.8, 4) is 5.69 Å². The Kier molecular flexibility index (Phi) is 4.25. The van der Waals surface area contributed by atoms with Crippen molar-refractivity contribution in [2.45, 2.75) is 26.7 Å². The third kappa shape index (κ3) is 3.32. The largest absolute Gasteiger partial charge is 0.321 e. The number of nitrogens with one attached hydrogen (secondary N) is 1. The maximum atomic E-state index is 12.5. The zero-order valence-corrected chi connectivity index (χ0v) is 14.1. The van der Waals surface area contributed by atoms with Crippen LogP contribution in [0.4, 0.5) is 5.69 Å². The van der Waals surface area contributed by atoms with Crippen LogP contribution in [0.2, 0.25) is 0 Å². The summed E-state index contributed by atoms with van der Waals surface area (Å²) in [7, 11) is 0. The van der Waals surface area contributed by atoms with E-state index in [1.54, 1.807) is 10.9 Å². The van der Waals surface area contributed by atoms with E-state index in [9.17, 15) is 4.79 Å². The summed E-state index contributed by atoms with van der Waals surface area (Å²) >= 11 is 1.46. The van der Waals surface area contributed by atoms with Crippen LogP contribution >= 0.6 is 11.3 Å². The summed E-state index contributed by atoms with van der Waals surface area (Å²) in [5.41, 5.74) is 2.41. The molecule has 118 valence electrons. The maximum absolute atomic E-state index is 12.5. The van der Waals surface area contributed by atoms with Crippen molar-refractivity contribution in [1.82, 2.24) is 14.8 Å². The molecule has 2 aromatic heterocycles. The molecular weight excluding hydrogens is 308 g/mol. The molecule has 0 radical (unpaired) electrons. The van der Waals surface area contributed by atoms with Gasteiger partial charge in [-0.25, -0.2) is 9.67 Å². The summed E-state index contributed by atoms with van der Waals surface area (Å²) in [6.07, 6.45) is 3.59. The minimum absolute atomic E-state index is 0.121. The van der Waals surface area contributed by atoms with Crippen molar-refractivity contribution < 1.29 is 4.79 Å². The molecule has 6 heteroatoms. The average Bonchev–Trinajstić information content (AvgIpc) is 3.16. The van der Waals surface area contributed by atoms with Crippen LogP contribution < -0.4 is 5.32 Å². The number of hydrogen-bond donors (Lipinski definition) is 1. The van der Waals surface area contributed by atoms with Crippen LogP contribution in [0.1, 0.15) is 40.1 Å². The van der Waals surface area contributed by atoms with Gasteiger partial charge in [-0.3, -0.25) is 4.79 Å². The summed E-state index contributed by atoms with van der Waals surface area (Å²) in [4.78, 5) is 17.6. The van der Waals surface area contributed by atoms with Crippen molar-refractivity contribution in [2.24, 2.45) is 0 Å². The van der Waals surface area contributed by atoms with Crippen molar-refractivity contribution in [2.75, 3.05) is 5.32 Å². The maximum Gasteiger partial charge on any atom is 0.267 e. The molecule has 0 bridgehead atoms. The van der Waals surface area contributed by atoms with Crippen LogP contribution in [0.25, 0.3) is 5.69 Å². The summed E-state index contributed by atoms with van der Waals surface area (Å²) in [6, 6.07) is 9.46. The number of amides is 1. The van der Waals surface area contributed by atoms with Gasteiger partial charge >= 0.3 is 0 Å². The van der Waals surface area contributed by atoms with E-state index in [1.807, 2.05) is 43.5 Å². The first-order chi connectivity index (χ1) is 11.0. The first kappa shape index (κ1) is 15.4. The van der Waals surface area contributed by atoms with E-state index in [-0.39, 0.29) is 5.91 Å². The van der Waals surface area contributed by atoms with E-state index in [2.05, 4.69) is 29.2 Å². The van der Waals surface area contributed by atoms with Gasteiger partial charge < -0.3 is 5.32 Å². The summed E-state index contributed by atoms with van der Waals surface area (Å²) < 4.78 is 1.75. The van der Waals surface area contributed by atoms with Gasteiger partial charge in [-0.05, 0) is 31.2 Å². The molecule has 0 spiro atoms. The van der Waals surface area contributed by atoms with E-state index in [0.29, 0.717) is 10.8 Å². The number of anilines is 1. The molecular formula is C17H18N4OS. The Morgan fingerprint density at radius 3 is 2.78 bits per heavy atom. The average molecular weight is 326 g/mol. The second-order valence-corrected chi connectivity index (χ2v) is 6.61. The number of carbonyl (C=O) groups is 1. The fraction of sp³-hybridized carbons (Fsp3) is 0.235. The molecule has 0 aliphatic rings. The number of hydrogen-bond acceptors (Lipinski definition) is 4. The fourth-order valence-corrected chi connectivity index (χ4v) is 3.17. The minimum Gasteiger partial charge on any atom is -0.321 e. The van der Waals surface area contributed by atoms with Gasteiger partial charge in [0.05, 0.1) is 16.4 Å². The number of aromatic nitrogens is 3. The zero-order valence-electron chi connectivity index (χ0n) is 13.3. The number of aryl methyl sites for hydroxylation is 1. The van der Waals surface area contributed by atoms with Crippen LogP contribution in [0.15, 0.2) is 42.7 Å². The van der Waals surface area contributed by atoms with Gasteiger partial charge in [0.15, 0.2) is 0 Å². The van der Waals surface area contributed by atoms with Crippen molar-refractivity contribution in [3.05, 3.63) is 58.3 Å². The number of benzene rings is 1. The molecule has 3 aromatic rings. The molecule has 0 saturated heterocycles. The number of carbonyl (C=O) groups excluding carboxylic acids is 1. The Balaban J connectivity index is 1.82. The molecule has 0 saturated carbocycles. The minimum atomic E-state index is -0.121. The number of rotatable bonds is 4. The van der Waals surface area contributed by atoms with Crippen LogP contribution in [0, 0.1) is 6.92 Å². The Hall–Kier alpha value is -2.47. The molecule has 0 aliphatic heterocycles. The smallest absolute Gasteiger partial charge is 0.267 e. The molecule has 1 amide bonds. The van der Waals surface area contributed by atoms with E-state index in [1.165, 1.54) is 11.3 Å². The molecule has 0 unspecified atom stereocenters. The number of nitrogens with zero attached hydrogens (tertiary/aromatic N) is 3. The van der Waals surface area contributed by atoms with Gasteiger partial charge in [0.1, 0.15) is 4.88 Å². The molecule has 1 N–H and O–H groups in total. The summed E-state index contributed by atoms with van der Waals surface area (Å²) in [5.74, 6) is 0.202. The highest BCUT2D eigenvalue weighted by atomic mass is 32.1. The SMILES string of the molecule is Cc1nc(C(C)C)sc1C(=O)Nc1cccc(-n2cccn2)c1. The Labute approximate surface area is 139 Å². The number of thiazole rings is 1. The van der Waals surface area contributed by atoms with Crippen LogP contribution in [0.5, 0.6) is 0 Å². The van der Waals surface area contributed by atoms with Gasteiger partial charge in [-0.15, -0.1) is 11.3 Å². The molecule has 3 rings (SSSR count). The molecule has 0 aliphatic carbocycles. The third-order valence-electron chi connectivity index (χ3n) is 3.39. The van der Waals surface area contributed by atoms with Crippen molar-refractivity contribution >= 4 is 22.9 Å².